The van der Waals surface area contributed by atoms with E-state index in [0.717, 1.165) is 18.3 Å². The number of esters is 1. The second kappa shape index (κ2) is 2.39. The number of ether oxygens (including phenoxy) is 1. The fourth-order valence-corrected chi connectivity index (χ4v) is 5.89. The van der Waals surface area contributed by atoms with Crippen molar-refractivity contribution < 1.29 is 9.53 Å². The largest absolute Gasteiger partial charge is 0.455 e. The molecule has 0 aromatic carbocycles. The molecular weight excluding hydrogens is 200 g/mol. The highest BCUT2D eigenvalue weighted by atomic mass is 16.6. The molecule has 0 N–H and O–H groups in total. The van der Waals surface area contributed by atoms with Crippen LogP contribution in [-0.2, 0) is 9.53 Å². The molecule has 2 heteroatoms. The number of carbonyl (C=O) groups is 1. The van der Waals surface area contributed by atoms with E-state index in [4.69, 9.17) is 4.74 Å². The molecule has 4 aliphatic carbocycles. The maximum atomic E-state index is 11.5. The van der Waals surface area contributed by atoms with Crippen molar-refractivity contribution >= 4 is 5.97 Å². The topological polar surface area (TPSA) is 26.3 Å². The monoisotopic (exact) mass is 218 g/mol. The molecule has 0 bridgehead atoms. The van der Waals surface area contributed by atoms with Crippen LogP contribution in [-0.4, -0.2) is 11.6 Å². The SMILES string of the molecule is C=CC(=O)OC1(CC)C2CC3CC4CC1C342. The third-order valence-corrected chi connectivity index (χ3v) is 6.42. The van der Waals surface area contributed by atoms with Crippen molar-refractivity contribution in [1.82, 2.24) is 0 Å². The number of hydrogen-bond donors (Lipinski definition) is 0. The molecule has 86 valence electrons. The minimum Gasteiger partial charge on any atom is -0.455 e. The van der Waals surface area contributed by atoms with Gasteiger partial charge in [-0.1, -0.05) is 13.5 Å². The lowest BCUT2D eigenvalue weighted by atomic mass is 9.14. The molecular formula is C14H18O2. The van der Waals surface area contributed by atoms with Crippen molar-refractivity contribution in [1.29, 1.82) is 0 Å². The summed E-state index contributed by atoms with van der Waals surface area (Å²) in [5.41, 5.74) is 0.566. The highest BCUT2D eigenvalue weighted by molar-refractivity contribution is 5.82. The molecule has 0 radical (unpaired) electrons. The first kappa shape index (κ1) is 9.26. The summed E-state index contributed by atoms with van der Waals surface area (Å²) in [4.78, 5) is 11.5. The summed E-state index contributed by atoms with van der Waals surface area (Å²) in [6.07, 6.45) is 6.39. The summed E-state index contributed by atoms with van der Waals surface area (Å²) in [7, 11) is 0. The Labute approximate surface area is 96.0 Å². The molecule has 16 heavy (non-hydrogen) atoms. The van der Waals surface area contributed by atoms with E-state index in [1.807, 2.05) is 0 Å². The molecule has 0 heterocycles. The van der Waals surface area contributed by atoms with E-state index in [2.05, 4.69) is 13.5 Å². The average molecular weight is 218 g/mol. The number of carbonyl (C=O) groups excluding carboxylic acids is 1. The molecule has 4 saturated carbocycles. The van der Waals surface area contributed by atoms with Gasteiger partial charge in [0, 0.05) is 17.9 Å². The van der Waals surface area contributed by atoms with Crippen LogP contribution in [0.4, 0.5) is 0 Å². The fourth-order valence-electron chi connectivity index (χ4n) is 5.89. The maximum absolute atomic E-state index is 11.5. The van der Waals surface area contributed by atoms with Crippen molar-refractivity contribution in [2.75, 3.05) is 0 Å². The minimum atomic E-state index is -0.220. The molecule has 4 fully saturated rings. The second-order valence-corrected chi connectivity index (χ2v) is 6.14. The molecule has 0 aliphatic heterocycles. The summed E-state index contributed by atoms with van der Waals surface area (Å²) in [6, 6.07) is 0. The second-order valence-electron chi connectivity index (χ2n) is 6.14. The van der Waals surface area contributed by atoms with Crippen LogP contribution in [0.25, 0.3) is 0 Å². The zero-order valence-corrected chi connectivity index (χ0v) is 9.74. The highest BCUT2D eigenvalue weighted by Gasteiger charge is 2.90. The molecule has 4 aliphatic rings. The van der Waals surface area contributed by atoms with Gasteiger partial charge >= 0.3 is 5.97 Å². The summed E-state index contributed by atoms with van der Waals surface area (Å²) in [5.74, 6) is 3.14. The third-order valence-electron chi connectivity index (χ3n) is 6.42. The Kier molecular flexibility index (Phi) is 1.38. The van der Waals surface area contributed by atoms with Crippen molar-refractivity contribution in [3.8, 4) is 0 Å². The van der Waals surface area contributed by atoms with E-state index < -0.39 is 0 Å². The van der Waals surface area contributed by atoms with Gasteiger partial charge in [0.25, 0.3) is 0 Å². The molecule has 0 amide bonds. The van der Waals surface area contributed by atoms with Gasteiger partial charge in [-0.2, -0.15) is 0 Å². The van der Waals surface area contributed by atoms with E-state index in [1.54, 1.807) is 0 Å². The molecule has 4 atom stereocenters. The predicted molar refractivity (Wildman–Crippen MR) is 59.6 cm³/mol. The fraction of sp³-hybridized carbons (Fsp3) is 0.786. The van der Waals surface area contributed by atoms with E-state index in [1.165, 1.54) is 25.3 Å². The van der Waals surface area contributed by atoms with Crippen LogP contribution in [0.15, 0.2) is 12.7 Å². The lowest BCUT2D eigenvalue weighted by Gasteiger charge is -2.91. The molecule has 0 aromatic heterocycles. The van der Waals surface area contributed by atoms with Gasteiger partial charge in [-0.05, 0) is 42.9 Å². The molecule has 2 nitrogen and oxygen atoms in total. The first-order chi connectivity index (χ1) is 7.70. The average Bonchev–Trinajstić information content (AvgIpc) is 2.20. The Morgan fingerprint density at radius 1 is 1.38 bits per heavy atom. The quantitative estimate of drug-likeness (QED) is 0.537. The van der Waals surface area contributed by atoms with Crippen LogP contribution in [0.2, 0.25) is 0 Å². The van der Waals surface area contributed by atoms with E-state index in [0.29, 0.717) is 17.3 Å². The van der Waals surface area contributed by atoms with Gasteiger partial charge in [0.1, 0.15) is 5.60 Å². The van der Waals surface area contributed by atoms with Crippen LogP contribution < -0.4 is 0 Å². The van der Waals surface area contributed by atoms with Crippen molar-refractivity contribution in [3.63, 3.8) is 0 Å². The van der Waals surface area contributed by atoms with Crippen molar-refractivity contribution in [2.45, 2.75) is 38.2 Å². The highest BCUT2D eigenvalue weighted by Crippen LogP contribution is 2.91. The minimum absolute atomic E-state index is 0.0985. The third kappa shape index (κ3) is 0.602. The molecule has 1 spiro atoms. The van der Waals surface area contributed by atoms with Gasteiger partial charge in [-0.3, -0.25) is 0 Å². The normalized spacial score (nSPS) is 58.8. The molecule has 0 saturated heterocycles. The number of hydrogen-bond acceptors (Lipinski definition) is 2. The van der Waals surface area contributed by atoms with Crippen LogP contribution in [0.1, 0.15) is 32.6 Å². The van der Waals surface area contributed by atoms with Crippen molar-refractivity contribution in [2.24, 2.45) is 29.1 Å². The van der Waals surface area contributed by atoms with E-state index >= 15 is 0 Å². The van der Waals surface area contributed by atoms with Gasteiger partial charge < -0.3 is 4.74 Å². The van der Waals surface area contributed by atoms with Gasteiger partial charge in [-0.15, -0.1) is 0 Å². The summed E-state index contributed by atoms with van der Waals surface area (Å²) in [5, 5.41) is 0. The van der Waals surface area contributed by atoms with Crippen LogP contribution in [0.3, 0.4) is 0 Å². The van der Waals surface area contributed by atoms with E-state index in [9.17, 15) is 4.79 Å². The summed E-state index contributed by atoms with van der Waals surface area (Å²) < 4.78 is 5.75. The first-order valence-electron chi connectivity index (χ1n) is 6.55. The standard InChI is InChI=1S/C14H18O2/c1-3-12(15)16-13(4-2)10-6-8-5-9-7-11(13)14(8,9)10/h3,8-11H,1,4-7H2,2H3. The van der Waals surface area contributed by atoms with Crippen LogP contribution in [0, 0.1) is 29.1 Å². The van der Waals surface area contributed by atoms with Gasteiger partial charge in [-0.25, -0.2) is 4.79 Å². The van der Waals surface area contributed by atoms with Crippen LogP contribution >= 0.6 is 0 Å². The lowest BCUT2D eigenvalue weighted by molar-refractivity contribution is -0.459. The first-order valence-corrected chi connectivity index (χ1v) is 6.55. The molecule has 0 aromatic rings. The van der Waals surface area contributed by atoms with Gasteiger partial charge in [0.2, 0.25) is 0 Å². The Hall–Kier alpha value is -0.790. The van der Waals surface area contributed by atoms with Crippen molar-refractivity contribution in [3.05, 3.63) is 12.7 Å². The van der Waals surface area contributed by atoms with Gasteiger partial charge in [0.05, 0.1) is 0 Å². The Morgan fingerprint density at radius 3 is 2.44 bits per heavy atom. The Morgan fingerprint density at radius 2 is 2.00 bits per heavy atom. The zero-order valence-electron chi connectivity index (χ0n) is 9.74. The molecule has 4 rings (SSSR count). The number of rotatable bonds is 3. The smallest absolute Gasteiger partial charge is 0.330 e. The summed E-state index contributed by atoms with van der Waals surface area (Å²) in [6.45, 7) is 5.68. The predicted octanol–water partition coefficient (Wildman–Crippen LogP) is 2.54. The Bertz CT molecular complexity index is 376. The lowest BCUT2D eigenvalue weighted by Crippen LogP contribution is -2.90. The van der Waals surface area contributed by atoms with E-state index in [-0.39, 0.29) is 11.6 Å². The zero-order chi connectivity index (χ0) is 11.1. The van der Waals surface area contributed by atoms with Gasteiger partial charge in [0.15, 0.2) is 0 Å². The summed E-state index contributed by atoms with van der Waals surface area (Å²) >= 11 is 0. The molecule has 4 unspecified atom stereocenters. The maximum Gasteiger partial charge on any atom is 0.330 e. The van der Waals surface area contributed by atoms with Crippen LogP contribution in [0.5, 0.6) is 0 Å². The Balaban J connectivity index is 1.63.